The summed E-state index contributed by atoms with van der Waals surface area (Å²) < 4.78 is 5.27. The maximum atomic E-state index is 10.5. The molecule has 0 radical (unpaired) electrons. The molecule has 1 aliphatic carbocycles. The SMILES string of the molecule is O=C(O)[C@@H]1C[C@@H]2C[C@H]1CO2. The molecule has 3 heteroatoms. The van der Waals surface area contributed by atoms with Gasteiger partial charge < -0.3 is 9.84 Å². The normalized spacial score (nSPS) is 44.2. The number of fused-ring (bicyclic) bond motifs is 2. The van der Waals surface area contributed by atoms with Gasteiger partial charge in [-0.25, -0.2) is 0 Å². The average Bonchev–Trinajstić information content (AvgIpc) is 2.44. The molecule has 0 spiro atoms. The van der Waals surface area contributed by atoms with Crippen LogP contribution in [0, 0.1) is 11.8 Å². The molecule has 3 atom stereocenters. The van der Waals surface area contributed by atoms with E-state index in [0.717, 1.165) is 12.8 Å². The van der Waals surface area contributed by atoms with E-state index in [9.17, 15) is 4.79 Å². The fourth-order valence-corrected chi connectivity index (χ4v) is 1.96. The Bertz CT molecular complexity index is 166. The number of ether oxygens (including phenoxy) is 1. The van der Waals surface area contributed by atoms with Gasteiger partial charge in [0.2, 0.25) is 0 Å². The van der Waals surface area contributed by atoms with Gasteiger partial charge in [0, 0.05) is 0 Å². The Morgan fingerprint density at radius 1 is 1.50 bits per heavy atom. The Labute approximate surface area is 59.0 Å². The van der Waals surface area contributed by atoms with E-state index >= 15 is 0 Å². The molecule has 2 bridgehead atoms. The lowest BCUT2D eigenvalue weighted by Crippen LogP contribution is -2.24. The van der Waals surface area contributed by atoms with Crippen molar-refractivity contribution in [2.75, 3.05) is 6.61 Å². The van der Waals surface area contributed by atoms with E-state index in [-0.39, 0.29) is 12.0 Å². The Kier molecular flexibility index (Phi) is 1.20. The van der Waals surface area contributed by atoms with Gasteiger partial charge in [-0.05, 0) is 18.8 Å². The van der Waals surface area contributed by atoms with Crippen LogP contribution < -0.4 is 0 Å². The van der Waals surface area contributed by atoms with Crippen LogP contribution in [0.15, 0.2) is 0 Å². The van der Waals surface area contributed by atoms with Crippen molar-refractivity contribution < 1.29 is 14.6 Å². The molecule has 0 aromatic carbocycles. The summed E-state index contributed by atoms with van der Waals surface area (Å²) in [6.45, 7) is 0.668. The zero-order chi connectivity index (χ0) is 7.14. The number of carboxylic acids is 1. The van der Waals surface area contributed by atoms with Crippen LogP contribution in [0.2, 0.25) is 0 Å². The highest BCUT2D eigenvalue weighted by Crippen LogP contribution is 2.39. The van der Waals surface area contributed by atoms with Crippen LogP contribution in [0.4, 0.5) is 0 Å². The van der Waals surface area contributed by atoms with Crippen LogP contribution in [0.5, 0.6) is 0 Å². The molecule has 56 valence electrons. The number of hydrogen-bond acceptors (Lipinski definition) is 2. The van der Waals surface area contributed by atoms with Gasteiger partial charge >= 0.3 is 5.97 Å². The molecular formula is C7H10O3. The van der Waals surface area contributed by atoms with Crippen molar-refractivity contribution in [2.24, 2.45) is 11.8 Å². The molecule has 2 aliphatic rings. The van der Waals surface area contributed by atoms with E-state index in [1.807, 2.05) is 0 Å². The summed E-state index contributed by atoms with van der Waals surface area (Å²) in [5, 5.41) is 8.68. The molecule has 2 fully saturated rings. The minimum Gasteiger partial charge on any atom is -0.481 e. The van der Waals surface area contributed by atoms with Crippen molar-refractivity contribution in [1.82, 2.24) is 0 Å². The summed E-state index contributed by atoms with van der Waals surface area (Å²) in [4.78, 5) is 10.5. The van der Waals surface area contributed by atoms with E-state index < -0.39 is 5.97 Å². The maximum Gasteiger partial charge on any atom is 0.306 e. The molecule has 0 amide bonds. The van der Waals surface area contributed by atoms with Crippen molar-refractivity contribution >= 4 is 5.97 Å². The third-order valence-corrected chi connectivity index (χ3v) is 2.51. The molecule has 1 heterocycles. The lowest BCUT2D eigenvalue weighted by molar-refractivity contribution is -0.145. The van der Waals surface area contributed by atoms with E-state index in [0.29, 0.717) is 12.5 Å². The highest BCUT2D eigenvalue weighted by Gasteiger charge is 2.44. The smallest absolute Gasteiger partial charge is 0.306 e. The van der Waals surface area contributed by atoms with Gasteiger partial charge in [0.25, 0.3) is 0 Å². The summed E-state index contributed by atoms with van der Waals surface area (Å²) in [7, 11) is 0. The molecule has 1 aliphatic heterocycles. The van der Waals surface area contributed by atoms with Crippen LogP contribution in [-0.2, 0) is 9.53 Å². The molecule has 0 aromatic rings. The third kappa shape index (κ3) is 0.736. The predicted octanol–water partition coefficient (Wildman–Crippen LogP) is 0.496. The number of hydrogen-bond donors (Lipinski definition) is 1. The van der Waals surface area contributed by atoms with Crippen molar-refractivity contribution in [3.63, 3.8) is 0 Å². The first-order chi connectivity index (χ1) is 4.77. The topological polar surface area (TPSA) is 46.5 Å². The van der Waals surface area contributed by atoms with E-state index in [1.54, 1.807) is 0 Å². The minimum atomic E-state index is -0.643. The lowest BCUT2D eigenvalue weighted by atomic mass is 9.97. The molecule has 2 rings (SSSR count). The van der Waals surface area contributed by atoms with Crippen LogP contribution in [-0.4, -0.2) is 23.8 Å². The van der Waals surface area contributed by atoms with Crippen LogP contribution in [0.25, 0.3) is 0 Å². The minimum absolute atomic E-state index is 0.112. The Balaban J connectivity index is 2.08. The van der Waals surface area contributed by atoms with Crippen LogP contribution in [0.1, 0.15) is 12.8 Å². The summed E-state index contributed by atoms with van der Waals surface area (Å²) in [6, 6.07) is 0. The highest BCUT2D eigenvalue weighted by atomic mass is 16.5. The number of carboxylic acid groups (broad SMARTS) is 1. The van der Waals surface area contributed by atoms with Gasteiger partial charge in [0.05, 0.1) is 18.6 Å². The highest BCUT2D eigenvalue weighted by molar-refractivity contribution is 5.71. The standard InChI is InChI=1S/C7H10O3/c8-7(9)6-2-5-1-4(6)3-10-5/h4-6H,1-3H2,(H,8,9)/t4-,5-,6+/m0/s1. The monoisotopic (exact) mass is 142 g/mol. The Morgan fingerprint density at radius 3 is 2.60 bits per heavy atom. The third-order valence-electron chi connectivity index (χ3n) is 2.51. The van der Waals surface area contributed by atoms with Gasteiger partial charge in [-0.3, -0.25) is 4.79 Å². The molecule has 1 saturated carbocycles. The van der Waals surface area contributed by atoms with Gasteiger partial charge in [-0.2, -0.15) is 0 Å². The van der Waals surface area contributed by atoms with E-state index in [4.69, 9.17) is 9.84 Å². The average molecular weight is 142 g/mol. The van der Waals surface area contributed by atoms with Gasteiger partial charge in [-0.15, -0.1) is 0 Å². The number of carbonyl (C=O) groups is 1. The van der Waals surface area contributed by atoms with Gasteiger partial charge in [-0.1, -0.05) is 0 Å². The quantitative estimate of drug-likeness (QED) is 0.579. The lowest BCUT2D eigenvalue weighted by Gasteiger charge is -2.16. The molecule has 3 nitrogen and oxygen atoms in total. The molecular weight excluding hydrogens is 132 g/mol. The summed E-state index contributed by atoms with van der Waals surface area (Å²) >= 11 is 0. The second-order valence-corrected chi connectivity index (χ2v) is 3.13. The summed E-state index contributed by atoms with van der Waals surface area (Å²) in [6.07, 6.45) is 1.96. The second-order valence-electron chi connectivity index (χ2n) is 3.13. The Hall–Kier alpha value is -0.570. The first-order valence-electron chi connectivity index (χ1n) is 3.62. The zero-order valence-corrected chi connectivity index (χ0v) is 5.62. The van der Waals surface area contributed by atoms with Crippen molar-refractivity contribution in [2.45, 2.75) is 18.9 Å². The fraction of sp³-hybridized carbons (Fsp3) is 0.857. The number of rotatable bonds is 1. The fourth-order valence-electron chi connectivity index (χ4n) is 1.96. The molecule has 1 saturated heterocycles. The molecule has 10 heavy (non-hydrogen) atoms. The maximum absolute atomic E-state index is 10.5. The van der Waals surface area contributed by atoms with E-state index in [2.05, 4.69) is 0 Å². The first kappa shape index (κ1) is 6.16. The first-order valence-corrected chi connectivity index (χ1v) is 3.62. The second kappa shape index (κ2) is 1.95. The van der Waals surface area contributed by atoms with Crippen molar-refractivity contribution in [3.05, 3.63) is 0 Å². The van der Waals surface area contributed by atoms with Gasteiger partial charge in [0.15, 0.2) is 0 Å². The number of aliphatic carboxylic acids is 1. The van der Waals surface area contributed by atoms with Gasteiger partial charge in [0.1, 0.15) is 0 Å². The van der Waals surface area contributed by atoms with Crippen LogP contribution >= 0.6 is 0 Å². The van der Waals surface area contributed by atoms with Crippen molar-refractivity contribution in [1.29, 1.82) is 0 Å². The largest absolute Gasteiger partial charge is 0.481 e. The molecule has 1 N–H and O–H groups in total. The molecule has 0 unspecified atom stereocenters. The van der Waals surface area contributed by atoms with E-state index in [1.165, 1.54) is 0 Å². The Morgan fingerprint density at radius 2 is 2.30 bits per heavy atom. The summed E-state index contributed by atoms with van der Waals surface area (Å²) in [5.74, 6) is -0.447. The predicted molar refractivity (Wildman–Crippen MR) is 33.6 cm³/mol. The van der Waals surface area contributed by atoms with Crippen molar-refractivity contribution in [3.8, 4) is 0 Å². The zero-order valence-electron chi connectivity index (χ0n) is 5.62. The summed E-state index contributed by atoms with van der Waals surface area (Å²) in [5.41, 5.74) is 0. The van der Waals surface area contributed by atoms with Crippen LogP contribution in [0.3, 0.4) is 0 Å². The molecule has 0 aromatic heterocycles.